The molecule has 92 valence electrons. The van der Waals surface area contributed by atoms with Crippen molar-refractivity contribution < 1.29 is 9.13 Å². The van der Waals surface area contributed by atoms with E-state index in [0.29, 0.717) is 18.7 Å². The van der Waals surface area contributed by atoms with Gasteiger partial charge in [0.1, 0.15) is 18.0 Å². The second kappa shape index (κ2) is 7.65. The monoisotopic (exact) mass is 268 g/mol. The Morgan fingerprint density at radius 3 is 2.88 bits per heavy atom. The van der Waals surface area contributed by atoms with Crippen molar-refractivity contribution in [3.8, 4) is 5.75 Å². The maximum atomic E-state index is 13.3. The van der Waals surface area contributed by atoms with Gasteiger partial charge in [0.2, 0.25) is 0 Å². The molecule has 0 aromatic carbocycles. The highest BCUT2D eigenvalue weighted by atomic mass is 35.5. The van der Waals surface area contributed by atoms with Gasteiger partial charge in [0.15, 0.2) is 0 Å². The van der Waals surface area contributed by atoms with Crippen LogP contribution in [0.2, 0.25) is 0 Å². The highest BCUT2D eigenvalue weighted by molar-refractivity contribution is 5.85. The van der Waals surface area contributed by atoms with Gasteiger partial charge in [-0.1, -0.05) is 0 Å². The summed E-state index contributed by atoms with van der Waals surface area (Å²) in [6.07, 6.45) is 2.72. The third-order valence-electron chi connectivity index (χ3n) is 2.27. The van der Waals surface area contributed by atoms with Crippen molar-refractivity contribution in [2.45, 2.75) is 18.7 Å². The van der Waals surface area contributed by atoms with Crippen molar-refractivity contribution in [1.29, 1.82) is 0 Å². The number of alkyl halides is 1. The molecule has 1 aromatic rings. The van der Waals surface area contributed by atoms with Gasteiger partial charge >= 0.3 is 0 Å². The van der Waals surface area contributed by atoms with E-state index in [1.54, 1.807) is 24.5 Å². The number of nitrogens with one attached hydrogen (secondary N) is 1. The average Bonchev–Trinajstić information content (AvgIpc) is 2.23. The van der Waals surface area contributed by atoms with Gasteiger partial charge in [0.25, 0.3) is 0 Å². The van der Waals surface area contributed by atoms with E-state index in [9.17, 15) is 4.39 Å². The molecule has 0 saturated carbocycles. The maximum absolute atomic E-state index is 13.3. The van der Waals surface area contributed by atoms with E-state index in [4.69, 9.17) is 4.74 Å². The maximum Gasteiger partial charge on any atom is 0.149 e. The molecule has 2 atom stereocenters. The van der Waals surface area contributed by atoms with Gasteiger partial charge in [-0.3, -0.25) is 4.98 Å². The Bertz CT molecular complexity index is 289. The molecule has 1 aromatic heterocycles. The minimum atomic E-state index is -0.927. The molecule has 1 aliphatic rings. The molecular weight excluding hydrogens is 254 g/mol. The third kappa shape index (κ3) is 4.12. The Labute approximate surface area is 107 Å². The van der Waals surface area contributed by atoms with E-state index < -0.39 is 6.17 Å². The zero-order valence-corrected chi connectivity index (χ0v) is 10.3. The number of hydrogen-bond donors (Lipinski definition) is 1. The first-order chi connectivity index (χ1) is 6.86. The first kappa shape index (κ1) is 15.4. The molecule has 0 aliphatic carbocycles. The molecule has 1 aliphatic heterocycles. The molecule has 0 radical (unpaired) electrons. The highest BCUT2D eigenvalue weighted by Crippen LogP contribution is 2.16. The number of aromatic nitrogens is 1. The van der Waals surface area contributed by atoms with E-state index in [2.05, 4.69) is 10.3 Å². The van der Waals surface area contributed by atoms with Crippen molar-refractivity contribution in [3.63, 3.8) is 0 Å². The lowest BCUT2D eigenvalue weighted by Crippen LogP contribution is -2.44. The largest absolute Gasteiger partial charge is 0.486 e. The number of nitrogens with zero attached hydrogens (tertiary/aromatic N) is 1. The predicted molar refractivity (Wildman–Crippen MR) is 65.5 cm³/mol. The molecule has 6 heteroatoms. The van der Waals surface area contributed by atoms with E-state index in [1.165, 1.54) is 0 Å². The molecule has 1 fully saturated rings. The minimum Gasteiger partial charge on any atom is -0.486 e. The van der Waals surface area contributed by atoms with Crippen molar-refractivity contribution in [2.24, 2.45) is 0 Å². The lowest BCUT2D eigenvalue weighted by Gasteiger charge is -2.27. The summed E-state index contributed by atoms with van der Waals surface area (Å²) in [7, 11) is 0. The first-order valence-corrected chi connectivity index (χ1v) is 4.78. The van der Waals surface area contributed by atoms with E-state index in [1.807, 2.05) is 0 Å². The van der Waals surface area contributed by atoms with Gasteiger partial charge in [-0.15, -0.1) is 24.8 Å². The zero-order valence-electron chi connectivity index (χ0n) is 8.64. The Morgan fingerprint density at radius 2 is 2.25 bits per heavy atom. The van der Waals surface area contributed by atoms with Gasteiger partial charge in [-0.05, 0) is 25.1 Å². The first-order valence-electron chi connectivity index (χ1n) is 4.78. The van der Waals surface area contributed by atoms with Gasteiger partial charge in [-0.2, -0.15) is 0 Å². The number of ether oxygens (including phenoxy) is 1. The van der Waals surface area contributed by atoms with Crippen LogP contribution in [0.4, 0.5) is 4.39 Å². The number of piperidine rings is 1. The van der Waals surface area contributed by atoms with Crippen LogP contribution in [0, 0.1) is 0 Å². The van der Waals surface area contributed by atoms with Gasteiger partial charge < -0.3 is 10.1 Å². The number of pyridine rings is 1. The summed E-state index contributed by atoms with van der Waals surface area (Å²) < 4.78 is 18.8. The Kier molecular flexibility index (Phi) is 7.38. The standard InChI is InChI=1S/C10H13FN2O.2ClH/c11-9-7-13-5-3-10(9)14-8-2-1-4-12-6-8;;/h1-2,4,6,9-10,13H,3,5,7H2;2*1H. The summed E-state index contributed by atoms with van der Waals surface area (Å²) in [6, 6.07) is 3.57. The summed E-state index contributed by atoms with van der Waals surface area (Å²) >= 11 is 0. The summed E-state index contributed by atoms with van der Waals surface area (Å²) in [4.78, 5) is 3.91. The summed E-state index contributed by atoms with van der Waals surface area (Å²) in [6.45, 7) is 1.19. The van der Waals surface area contributed by atoms with Crippen molar-refractivity contribution in [3.05, 3.63) is 24.5 Å². The van der Waals surface area contributed by atoms with Crippen molar-refractivity contribution in [2.75, 3.05) is 13.1 Å². The number of hydrogen-bond acceptors (Lipinski definition) is 3. The van der Waals surface area contributed by atoms with E-state index in [0.717, 1.165) is 6.54 Å². The summed E-state index contributed by atoms with van der Waals surface area (Å²) in [5, 5.41) is 2.98. The Hall–Kier alpha value is -0.580. The average molecular weight is 269 g/mol. The molecule has 2 rings (SSSR count). The fourth-order valence-corrected chi connectivity index (χ4v) is 1.52. The van der Waals surface area contributed by atoms with Crippen LogP contribution in [0.5, 0.6) is 5.75 Å². The lowest BCUT2D eigenvalue weighted by atomic mass is 10.1. The van der Waals surface area contributed by atoms with Crippen LogP contribution in [0.3, 0.4) is 0 Å². The molecule has 0 bridgehead atoms. The summed E-state index contributed by atoms with van der Waals surface area (Å²) in [5.74, 6) is 0.641. The van der Waals surface area contributed by atoms with Crippen LogP contribution in [0.25, 0.3) is 0 Å². The topological polar surface area (TPSA) is 34.1 Å². The van der Waals surface area contributed by atoms with Crippen molar-refractivity contribution >= 4 is 24.8 Å². The SMILES string of the molecule is Cl.Cl.FC1CNCCC1Oc1cccnc1. The fourth-order valence-electron chi connectivity index (χ4n) is 1.52. The van der Waals surface area contributed by atoms with Crippen molar-refractivity contribution in [1.82, 2.24) is 10.3 Å². The molecular formula is C10H15Cl2FN2O. The molecule has 16 heavy (non-hydrogen) atoms. The molecule has 0 spiro atoms. The van der Waals surface area contributed by atoms with Gasteiger partial charge in [0, 0.05) is 12.7 Å². The second-order valence-electron chi connectivity index (χ2n) is 3.35. The van der Waals surface area contributed by atoms with Gasteiger partial charge in [0.05, 0.1) is 6.20 Å². The number of halogens is 3. The fraction of sp³-hybridized carbons (Fsp3) is 0.500. The highest BCUT2D eigenvalue weighted by Gasteiger charge is 2.25. The molecule has 0 amide bonds. The smallest absolute Gasteiger partial charge is 0.149 e. The Balaban J connectivity index is 0.00000112. The minimum absolute atomic E-state index is 0. The van der Waals surface area contributed by atoms with E-state index >= 15 is 0 Å². The normalized spacial score (nSPS) is 23.8. The predicted octanol–water partition coefficient (Wildman–Crippen LogP) is 2.00. The van der Waals surface area contributed by atoms with Crippen LogP contribution in [-0.2, 0) is 0 Å². The van der Waals surface area contributed by atoms with Crippen LogP contribution >= 0.6 is 24.8 Å². The van der Waals surface area contributed by atoms with E-state index in [-0.39, 0.29) is 30.9 Å². The third-order valence-corrected chi connectivity index (χ3v) is 2.27. The summed E-state index contributed by atoms with van der Waals surface area (Å²) in [5.41, 5.74) is 0. The molecule has 2 heterocycles. The molecule has 2 unspecified atom stereocenters. The quantitative estimate of drug-likeness (QED) is 0.891. The van der Waals surface area contributed by atoms with Crippen LogP contribution < -0.4 is 10.1 Å². The van der Waals surface area contributed by atoms with Gasteiger partial charge in [-0.25, -0.2) is 4.39 Å². The molecule has 1 saturated heterocycles. The molecule has 1 N–H and O–H groups in total. The van der Waals surface area contributed by atoms with Crippen LogP contribution in [0.15, 0.2) is 24.5 Å². The lowest BCUT2D eigenvalue weighted by molar-refractivity contribution is 0.0728. The molecule has 3 nitrogen and oxygen atoms in total. The Morgan fingerprint density at radius 1 is 1.44 bits per heavy atom. The van der Waals surface area contributed by atoms with Crippen LogP contribution in [-0.4, -0.2) is 30.3 Å². The second-order valence-corrected chi connectivity index (χ2v) is 3.35. The number of rotatable bonds is 2. The zero-order chi connectivity index (χ0) is 9.80. The van der Waals surface area contributed by atoms with Crippen LogP contribution in [0.1, 0.15) is 6.42 Å².